The van der Waals surface area contributed by atoms with Crippen molar-refractivity contribution < 1.29 is 9.47 Å². The molecule has 0 saturated heterocycles. The van der Waals surface area contributed by atoms with Gasteiger partial charge in [0, 0.05) is 11.0 Å². The van der Waals surface area contributed by atoms with Crippen LogP contribution < -0.4 is 9.47 Å². The first-order valence-corrected chi connectivity index (χ1v) is 5.69. The van der Waals surface area contributed by atoms with Crippen LogP contribution in [0.1, 0.15) is 24.5 Å². The summed E-state index contributed by atoms with van der Waals surface area (Å²) in [7, 11) is 3.33. The van der Waals surface area contributed by atoms with Crippen molar-refractivity contribution in [2.75, 3.05) is 14.2 Å². The van der Waals surface area contributed by atoms with Crippen LogP contribution in [-0.4, -0.2) is 14.2 Å². The van der Waals surface area contributed by atoms with E-state index < -0.39 is 0 Å². The summed E-state index contributed by atoms with van der Waals surface area (Å²) in [4.78, 5) is 0. The Morgan fingerprint density at radius 3 is 2.41 bits per heavy atom. The van der Waals surface area contributed by atoms with E-state index in [1.165, 1.54) is 0 Å². The van der Waals surface area contributed by atoms with E-state index in [0.29, 0.717) is 0 Å². The van der Waals surface area contributed by atoms with Gasteiger partial charge in [-0.1, -0.05) is 6.92 Å². The van der Waals surface area contributed by atoms with Gasteiger partial charge in [-0.15, -0.1) is 0 Å². The summed E-state index contributed by atoms with van der Waals surface area (Å²) in [5, 5.41) is 9.03. The van der Waals surface area contributed by atoms with Gasteiger partial charge in [0.2, 0.25) is 0 Å². The molecule has 0 N–H and O–H groups in total. The first kappa shape index (κ1) is 11.8. The third-order valence-electron chi connectivity index (χ3n) is 3.73. The van der Waals surface area contributed by atoms with Crippen LogP contribution in [0.25, 0.3) is 0 Å². The molecule has 1 saturated carbocycles. The van der Waals surface area contributed by atoms with E-state index >= 15 is 0 Å². The highest BCUT2D eigenvalue weighted by atomic mass is 16.5. The maximum absolute atomic E-state index is 9.03. The monoisotopic (exact) mass is 231 g/mol. The van der Waals surface area contributed by atoms with Crippen LogP contribution in [0.4, 0.5) is 0 Å². The second kappa shape index (κ2) is 3.96. The van der Waals surface area contributed by atoms with Crippen molar-refractivity contribution in [2.45, 2.75) is 25.7 Å². The van der Waals surface area contributed by atoms with Crippen LogP contribution >= 0.6 is 0 Å². The second-order valence-electron chi connectivity index (χ2n) is 4.83. The molecular formula is C14H17NO2. The van der Waals surface area contributed by atoms with E-state index in [2.05, 4.69) is 13.0 Å². The number of ether oxygens (including phenoxy) is 2. The minimum absolute atomic E-state index is 0.0823. The molecule has 1 aromatic carbocycles. The largest absolute Gasteiger partial charge is 0.496 e. The van der Waals surface area contributed by atoms with Crippen LogP contribution in [-0.2, 0) is 5.41 Å². The van der Waals surface area contributed by atoms with Crippen LogP contribution in [0.3, 0.4) is 0 Å². The molecule has 2 unspecified atom stereocenters. The molecule has 3 nitrogen and oxygen atoms in total. The van der Waals surface area contributed by atoms with E-state index in [1.807, 2.05) is 19.1 Å². The summed E-state index contributed by atoms with van der Waals surface area (Å²) < 4.78 is 10.8. The van der Waals surface area contributed by atoms with Crippen molar-refractivity contribution in [3.8, 4) is 17.6 Å². The number of nitriles is 1. The summed E-state index contributed by atoms with van der Waals surface area (Å²) in [6.07, 6.45) is 0.895. The molecule has 90 valence electrons. The third-order valence-corrected chi connectivity index (χ3v) is 3.73. The van der Waals surface area contributed by atoms with Crippen LogP contribution in [0.5, 0.6) is 11.5 Å². The second-order valence-corrected chi connectivity index (χ2v) is 4.83. The van der Waals surface area contributed by atoms with E-state index in [9.17, 15) is 0 Å². The predicted molar refractivity (Wildman–Crippen MR) is 65.4 cm³/mol. The number of methoxy groups -OCH3 is 2. The molecule has 2 atom stereocenters. The zero-order valence-corrected chi connectivity index (χ0v) is 10.7. The number of nitrogens with zero attached hydrogens (tertiary/aromatic N) is 1. The van der Waals surface area contributed by atoms with Gasteiger partial charge < -0.3 is 9.47 Å². The van der Waals surface area contributed by atoms with Gasteiger partial charge in [0.05, 0.1) is 26.2 Å². The highest BCUT2D eigenvalue weighted by Gasteiger charge is 2.53. The lowest BCUT2D eigenvalue weighted by atomic mass is 9.93. The minimum atomic E-state index is -0.0823. The molecule has 0 aromatic heterocycles. The van der Waals surface area contributed by atoms with E-state index in [0.717, 1.165) is 29.0 Å². The first-order valence-electron chi connectivity index (χ1n) is 5.69. The van der Waals surface area contributed by atoms with Crippen molar-refractivity contribution >= 4 is 0 Å². The Bertz CT molecular complexity index is 490. The molecule has 1 aliphatic rings. The van der Waals surface area contributed by atoms with Crippen LogP contribution in [0.15, 0.2) is 12.1 Å². The highest BCUT2D eigenvalue weighted by Crippen LogP contribution is 2.56. The molecule has 0 spiro atoms. The van der Waals surface area contributed by atoms with Gasteiger partial charge in [-0.2, -0.15) is 5.26 Å². The fourth-order valence-electron chi connectivity index (χ4n) is 2.35. The third kappa shape index (κ3) is 1.74. The molecule has 0 amide bonds. The molecule has 17 heavy (non-hydrogen) atoms. The summed E-state index contributed by atoms with van der Waals surface area (Å²) in [6, 6.07) is 6.32. The van der Waals surface area contributed by atoms with Gasteiger partial charge in [-0.3, -0.25) is 0 Å². The Morgan fingerprint density at radius 1 is 1.29 bits per heavy atom. The Hall–Kier alpha value is -1.69. The van der Waals surface area contributed by atoms with Crippen molar-refractivity contribution in [2.24, 2.45) is 5.92 Å². The standard InChI is InChI=1S/C14H17NO2/c1-9-5-13(17-4)11(6-12(9)16-3)14(2)7-10(14)8-15/h5-6,10H,7H2,1-4H3. The number of hydrogen-bond acceptors (Lipinski definition) is 3. The summed E-state index contributed by atoms with van der Waals surface area (Å²) in [5.41, 5.74) is 2.04. The molecule has 3 heteroatoms. The quantitative estimate of drug-likeness (QED) is 0.803. The molecule has 2 rings (SSSR count). The Labute approximate surface area is 102 Å². The fraction of sp³-hybridized carbons (Fsp3) is 0.500. The van der Waals surface area contributed by atoms with Gasteiger partial charge in [-0.25, -0.2) is 0 Å². The first-order chi connectivity index (χ1) is 8.06. The molecule has 1 aromatic rings. The molecule has 0 heterocycles. The Morgan fingerprint density at radius 2 is 1.94 bits per heavy atom. The highest BCUT2D eigenvalue weighted by molar-refractivity contribution is 5.52. The number of aryl methyl sites for hydroxylation is 1. The van der Waals surface area contributed by atoms with Gasteiger partial charge >= 0.3 is 0 Å². The summed E-state index contributed by atoms with van der Waals surface area (Å²) >= 11 is 0. The van der Waals surface area contributed by atoms with E-state index in [1.54, 1.807) is 14.2 Å². The molecular weight excluding hydrogens is 214 g/mol. The molecule has 0 aliphatic heterocycles. The van der Waals surface area contributed by atoms with Gasteiger partial charge in [0.15, 0.2) is 0 Å². The Kier molecular flexibility index (Phi) is 2.74. The maximum Gasteiger partial charge on any atom is 0.123 e. The van der Waals surface area contributed by atoms with E-state index in [-0.39, 0.29) is 11.3 Å². The summed E-state index contributed by atoms with van der Waals surface area (Å²) in [5.74, 6) is 1.79. The lowest BCUT2D eigenvalue weighted by Gasteiger charge is -2.17. The van der Waals surface area contributed by atoms with Crippen molar-refractivity contribution in [3.05, 3.63) is 23.3 Å². The lowest BCUT2D eigenvalue weighted by Crippen LogP contribution is -2.07. The molecule has 1 fully saturated rings. The molecule has 0 bridgehead atoms. The van der Waals surface area contributed by atoms with E-state index in [4.69, 9.17) is 14.7 Å². The van der Waals surface area contributed by atoms with Crippen molar-refractivity contribution in [1.29, 1.82) is 5.26 Å². The average molecular weight is 231 g/mol. The molecule has 1 aliphatic carbocycles. The summed E-state index contributed by atoms with van der Waals surface area (Å²) in [6.45, 7) is 4.09. The predicted octanol–water partition coefficient (Wildman–Crippen LogP) is 2.81. The minimum Gasteiger partial charge on any atom is -0.496 e. The molecule has 0 radical (unpaired) electrons. The average Bonchev–Trinajstić information content (AvgIpc) is 3.01. The fourth-order valence-corrected chi connectivity index (χ4v) is 2.35. The van der Waals surface area contributed by atoms with Crippen LogP contribution in [0, 0.1) is 24.2 Å². The zero-order valence-electron chi connectivity index (χ0n) is 10.7. The maximum atomic E-state index is 9.03. The topological polar surface area (TPSA) is 42.2 Å². The van der Waals surface area contributed by atoms with Crippen molar-refractivity contribution in [1.82, 2.24) is 0 Å². The van der Waals surface area contributed by atoms with Crippen LogP contribution in [0.2, 0.25) is 0 Å². The number of hydrogen-bond donors (Lipinski definition) is 0. The van der Waals surface area contributed by atoms with Crippen molar-refractivity contribution in [3.63, 3.8) is 0 Å². The normalized spacial score (nSPS) is 26.2. The van der Waals surface area contributed by atoms with Gasteiger partial charge in [0.25, 0.3) is 0 Å². The smallest absolute Gasteiger partial charge is 0.123 e. The zero-order chi connectivity index (χ0) is 12.6. The number of rotatable bonds is 3. The SMILES string of the molecule is COc1cc(C2(C)CC2C#N)c(OC)cc1C. The Balaban J connectivity index is 2.50. The number of benzene rings is 1. The van der Waals surface area contributed by atoms with Gasteiger partial charge in [0.1, 0.15) is 11.5 Å². The van der Waals surface area contributed by atoms with Gasteiger partial charge in [-0.05, 0) is 31.0 Å². The lowest BCUT2D eigenvalue weighted by molar-refractivity contribution is 0.392.